The van der Waals surface area contributed by atoms with E-state index in [0.717, 1.165) is 4.52 Å². The van der Waals surface area contributed by atoms with Gasteiger partial charge in [-0.2, -0.15) is 20.1 Å². The first kappa shape index (κ1) is 24.7. The van der Waals surface area contributed by atoms with Crippen LogP contribution in [0.25, 0.3) is 45.3 Å². The lowest BCUT2D eigenvalue weighted by Crippen LogP contribution is -2.20. The Balaban J connectivity index is 1.67. The summed E-state index contributed by atoms with van der Waals surface area (Å²) in [7, 11) is 1.57. The summed E-state index contributed by atoms with van der Waals surface area (Å²) in [5.74, 6) is 1.93. The zero-order valence-corrected chi connectivity index (χ0v) is 21.9. The molecule has 10 nitrogen and oxygen atoms in total. The Morgan fingerprint density at radius 2 is 1.82 bits per heavy atom. The van der Waals surface area contributed by atoms with Crippen molar-refractivity contribution in [1.82, 2.24) is 24.4 Å². The summed E-state index contributed by atoms with van der Waals surface area (Å²) in [6.45, 7) is 1.78. The van der Waals surface area contributed by atoms with Crippen molar-refractivity contribution in [3.05, 3.63) is 99.1 Å². The second-order valence-electron chi connectivity index (χ2n) is 8.84. The summed E-state index contributed by atoms with van der Waals surface area (Å²) in [6.07, 6.45) is 1.67. The number of furan rings is 1. The fourth-order valence-electron chi connectivity index (χ4n) is 4.53. The molecule has 0 spiro atoms. The summed E-state index contributed by atoms with van der Waals surface area (Å²) in [5.41, 5.74) is 1.49. The van der Waals surface area contributed by atoms with Gasteiger partial charge in [0.1, 0.15) is 40.5 Å². The van der Waals surface area contributed by atoms with E-state index in [9.17, 15) is 15.3 Å². The molecule has 0 saturated carbocycles. The Kier molecular flexibility index (Phi) is 5.95. The predicted octanol–water partition coefficient (Wildman–Crippen LogP) is 5.52. The van der Waals surface area contributed by atoms with E-state index < -0.39 is 5.56 Å². The van der Waals surface area contributed by atoms with Gasteiger partial charge in [0.15, 0.2) is 17.2 Å². The third-order valence-corrected chi connectivity index (χ3v) is 6.64. The number of aromatic nitrogens is 5. The van der Waals surface area contributed by atoms with Gasteiger partial charge in [0.05, 0.1) is 12.8 Å². The number of hydrogen-bond donors (Lipinski definition) is 1. The molecule has 194 valence electrons. The van der Waals surface area contributed by atoms with Crippen LogP contribution in [0, 0.1) is 29.6 Å². The van der Waals surface area contributed by atoms with Crippen LogP contribution in [0.2, 0.25) is 5.02 Å². The van der Waals surface area contributed by atoms with Crippen LogP contribution in [0.4, 0.5) is 0 Å². The maximum absolute atomic E-state index is 13.6. The van der Waals surface area contributed by atoms with Gasteiger partial charge >= 0.3 is 0 Å². The molecule has 6 aromatic rings. The van der Waals surface area contributed by atoms with Gasteiger partial charge in [-0.05, 0) is 61.5 Å². The maximum Gasteiger partial charge on any atom is 0.289 e. The van der Waals surface area contributed by atoms with Gasteiger partial charge < -0.3 is 9.15 Å². The molecule has 40 heavy (non-hydrogen) atoms. The van der Waals surface area contributed by atoms with Gasteiger partial charge in [-0.25, -0.2) is 9.67 Å². The van der Waals surface area contributed by atoms with Gasteiger partial charge in [0.2, 0.25) is 0 Å². The summed E-state index contributed by atoms with van der Waals surface area (Å²) in [6, 6.07) is 21.9. The molecule has 2 aromatic carbocycles. The van der Waals surface area contributed by atoms with Crippen molar-refractivity contribution >= 4 is 17.2 Å². The molecule has 0 amide bonds. The molecule has 0 radical (unpaired) electrons. The number of aromatic amines is 1. The summed E-state index contributed by atoms with van der Waals surface area (Å²) >= 11 is 6.24. The Labute approximate surface area is 231 Å². The van der Waals surface area contributed by atoms with Crippen molar-refractivity contribution in [3.63, 3.8) is 0 Å². The molecule has 6 rings (SSSR count). The number of hydrogen-bond acceptors (Lipinski definition) is 7. The van der Waals surface area contributed by atoms with Gasteiger partial charge in [-0.15, -0.1) is 0 Å². The largest absolute Gasteiger partial charge is 0.497 e. The molecule has 4 heterocycles. The van der Waals surface area contributed by atoms with E-state index in [-0.39, 0.29) is 28.2 Å². The second kappa shape index (κ2) is 9.62. The van der Waals surface area contributed by atoms with Crippen molar-refractivity contribution in [2.75, 3.05) is 7.11 Å². The van der Waals surface area contributed by atoms with Crippen molar-refractivity contribution < 1.29 is 9.15 Å². The fourth-order valence-corrected chi connectivity index (χ4v) is 4.72. The van der Waals surface area contributed by atoms with E-state index in [1.807, 2.05) is 24.3 Å². The molecular formula is C29H18ClN7O3. The molecule has 1 N–H and O–H groups in total. The number of H-pyrrole nitrogens is 1. The van der Waals surface area contributed by atoms with E-state index in [4.69, 9.17) is 25.9 Å². The van der Waals surface area contributed by atoms with Gasteiger partial charge in [0, 0.05) is 27.9 Å². The monoisotopic (exact) mass is 547 g/mol. The number of nitriles is 2. The number of fused-ring (bicyclic) bond motifs is 1. The number of aryl methyl sites for hydroxylation is 1. The van der Waals surface area contributed by atoms with Crippen molar-refractivity contribution in [2.45, 2.75) is 6.92 Å². The first-order valence-corrected chi connectivity index (χ1v) is 12.4. The Hall–Kier alpha value is -5.58. The highest BCUT2D eigenvalue weighted by Crippen LogP contribution is 2.37. The Morgan fingerprint density at radius 1 is 1.05 bits per heavy atom. The molecule has 0 unspecified atom stereocenters. The van der Waals surface area contributed by atoms with Crippen LogP contribution >= 0.6 is 11.6 Å². The number of rotatable bonds is 5. The molecule has 0 fully saturated rings. The van der Waals surface area contributed by atoms with E-state index >= 15 is 0 Å². The van der Waals surface area contributed by atoms with Crippen molar-refractivity contribution in [3.8, 4) is 57.5 Å². The van der Waals surface area contributed by atoms with Crippen LogP contribution in [0.1, 0.15) is 16.9 Å². The molecule has 11 heteroatoms. The summed E-state index contributed by atoms with van der Waals surface area (Å²) in [4.78, 5) is 18.1. The van der Waals surface area contributed by atoms with Gasteiger partial charge in [-0.1, -0.05) is 17.7 Å². The lowest BCUT2D eigenvalue weighted by molar-refractivity contribution is 0.415. The Morgan fingerprint density at radius 3 is 2.48 bits per heavy atom. The minimum Gasteiger partial charge on any atom is -0.497 e. The summed E-state index contributed by atoms with van der Waals surface area (Å²) in [5, 5.41) is 28.7. The van der Waals surface area contributed by atoms with Crippen molar-refractivity contribution in [2.24, 2.45) is 0 Å². The van der Waals surface area contributed by atoms with E-state index in [1.54, 1.807) is 67.4 Å². The van der Waals surface area contributed by atoms with Crippen LogP contribution in [-0.2, 0) is 0 Å². The first-order valence-electron chi connectivity index (χ1n) is 12.0. The number of methoxy groups -OCH3 is 1. The zero-order valence-electron chi connectivity index (χ0n) is 21.1. The average Bonchev–Trinajstić information content (AvgIpc) is 3.71. The van der Waals surface area contributed by atoms with Crippen molar-refractivity contribution in [1.29, 1.82) is 10.5 Å². The highest BCUT2D eigenvalue weighted by molar-refractivity contribution is 6.30. The normalized spacial score (nSPS) is 10.9. The quantitative estimate of drug-likeness (QED) is 0.300. The Bertz CT molecular complexity index is 2070. The predicted molar refractivity (Wildman–Crippen MR) is 147 cm³/mol. The number of pyridine rings is 1. The number of halogens is 1. The highest BCUT2D eigenvalue weighted by atomic mass is 35.5. The van der Waals surface area contributed by atoms with Gasteiger partial charge in [-0.3, -0.25) is 9.89 Å². The van der Waals surface area contributed by atoms with E-state index in [1.165, 1.54) is 0 Å². The number of ether oxygens (including phenoxy) is 1. The topological polar surface area (TPSA) is 138 Å². The third-order valence-electron chi connectivity index (χ3n) is 6.40. The smallest absolute Gasteiger partial charge is 0.289 e. The SMILES string of the molecule is COc1ccc(-c2nn(-c3cccc(Cl)c3)cc2-c2c(C#N)c(=O)n3[nH]c(-c4ccc(C)o4)nc3c2C#N)cc1. The first-order chi connectivity index (χ1) is 19.4. The molecule has 0 aliphatic heterocycles. The average molecular weight is 548 g/mol. The van der Waals surface area contributed by atoms with Crippen LogP contribution < -0.4 is 10.3 Å². The number of nitrogens with one attached hydrogen (secondary N) is 1. The fraction of sp³-hybridized carbons (Fsp3) is 0.0690. The number of benzene rings is 2. The molecule has 0 bridgehead atoms. The number of nitrogens with zero attached hydrogens (tertiary/aromatic N) is 6. The molecule has 0 aliphatic carbocycles. The lowest BCUT2D eigenvalue weighted by Gasteiger charge is -2.08. The molecule has 0 atom stereocenters. The van der Waals surface area contributed by atoms with E-state index in [2.05, 4.69) is 16.2 Å². The van der Waals surface area contributed by atoms with Gasteiger partial charge in [0.25, 0.3) is 5.56 Å². The van der Waals surface area contributed by atoms with E-state index in [0.29, 0.717) is 44.8 Å². The second-order valence-corrected chi connectivity index (χ2v) is 9.28. The zero-order chi connectivity index (χ0) is 28.0. The molecular weight excluding hydrogens is 530 g/mol. The minimum atomic E-state index is -0.662. The van der Waals surface area contributed by atoms with Crippen LogP contribution in [0.5, 0.6) is 5.75 Å². The third kappa shape index (κ3) is 4.00. The van der Waals surface area contributed by atoms with Crippen LogP contribution in [-0.4, -0.2) is 31.5 Å². The molecule has 0 saturated heterocycles. The summed E-state index contributed by atoms with van der Waals surface area (Å²) < 4.78 is 13.6. The lowest BCUT2D eigenvalue weighted by atomic mass is 9.95. The minimum absolute atomic E-state index is 0.0299. The van der Waals surface area contributed by atoms with Crippen LogP contribution in [0.3, 0.4) is 0 Å². The molecule has 0 aliphatic rings. The van der Waals surface area contributed by atoms with Crippen LogP contribution in [0.15, 0.2) is 76.1 Å². The standard InChI is InChI=1S/C29H18ClN7O3/c1-16-6-11-24(40-16)27-33-28-21(13-31)25(22(14-32)29(38)37(28)35-27)23-15-36(19-5-3-4-18(30)12-19)34-26(23)17-7-9-20(39-2)10-8-17/h3-12,15H,1-2H3,(H,33,35). The highest BCUT2D eigenvalue weighted by Gasteiger charge is 2.27. The maximum atomic E-state index is 13.6. The molecule has 4 aromatic heterocycles.